The number of amides is 4. The van der Waals surface area contributed by atoms with Gasteiger partial charge in [0.05, 0.1) is 0 Å². The van der Waals surface area contributed by atoms with Crippen molar-refractivity contribution in [2.75, 3.05) is 50.0 Å². The molecule has 2 atom stereocenters. The first kappa shape index (κ1) is 33.5. The van der Waals surface area contributed by atoms with Crippen LogP contribution in [0.4, 0.5) is 25.4 Å². The van der Waals surface area contributed by atoms with Crippen LogP contribution in [0.5, 0.6) is 5.75 Å². The van der Waals surface area contributed by atoms with Crippen molar-refractivity contribution in [3.8, 4) is 5.75 Å². The zero-order chi connectivity index (χ0) is 31.9. The maximum atomic E-state index is 13.1. The summed E-state index contributed by atoms with van der Waals surface area (Å²) in [5.74, 6) is 0.351. The van der Waals surface area contributed by atoms with Gasteiger partial charge in [-0.15, -0.1) is 0 Å². The zero-order valence-electron chi connectivity index (χ0n) is 25.9. The zero-order valence-corrected chi connectivity index (χ0v) is 25.9. The molecule has 1 fully saturated rings. The fraction of sp³-hybridized carbons (Fsp3) is 0.412. The van der Waals surface area contributed by atoms with Gasteiger partial charge in [-0.3, -0.25) is 0 Å². The van der Waals surface area contributed by atoms with Gasteiger partial charge in [0.25, 0.3) is 0 Å². The molecule has 3 aromatic carbocycles. The molecule has 10 nitrogen and oxygen atoms in total. The smallest absolute Gasteiger partial charge is 0.319 e. The van der Waals surface area contributed by atoms with E-state index in [-0.39, 0.29) is 30.7 Å². The Balaban J connectivity index is 1.12. The summed E-state index contributed by atoms with van der Waals surface area (Å²) in [7, 11) is 0. The number of hydrogen-bond acceptors (Lipinski definition) is 6. The number of aliphatic hydroxyl groups excluding tert-OH is 1. The summed E-state index contributed by atoms with van der Waals surface area (Å²) in [6, 6.07) is 21.2. The average molecular weight is 621 g/mol. The molecule has 1 aliphatic heterocycles. The van der Waals surface area contributed by atoms with E-state index in [1.165, 1.54) is 17.7 Å². The molecule has 242 valence electrons. The predicted molar refractivity (Wildman–Crippen MR) is 175 cm³/mol. The fourth-order valence-corrected chi connectivity index (χ4v) is 5.07. The Bertz CT molecular complexity index is 1320. The topological polar surface area (TPSA) is 127 Å². The van der Waals surface area contributed by atoms with Crippen LogP contribution in [0.15, 0.2) is 72.8 Å². The summed E-state index contributed by atoms with van der Waals surface area (Å²) >= 11 is 0. The lowest BCUT2D eigenvalue weighted by Gasteiger charge is -2.36. The van der Waals surface area contributed by atoms with Crippen molar-refractivity contribution in [3.63, 3.8) is 0 Å². The Morgan fingerprint density at radius 3 is 2.29 bits per heavy atom. The van der Waals surface area contributed by atoms with Crippen LogP contribution in [0, 0.1) is 5.82 Å². The number of anilines is 2. The van der Waals surface area contributed by atoms with Crippen LogP contribution in [0.25, 0.3) is 0 Å². The Morgan fingerprint density at radius 2 is 1.58 bits per heavy atom. The van der Waals surface area contributed by atoms with Crippen LogP contribution in [0.2, 0.25) is 0 Å². The van der Waals surface area contributed by atoms with Crippen molar-refractivity contribution in [3.05, 3.63) is 89.7 Å². The van der Waals surface area contributed by atoms with Crippen LogP contribution in [-0.4, -0.2) is 73.7 Å². The molecular weight excluding hydrogens is 575 g/mol. The highest BCUT2D eigenvalue weighted by Crippen LogP contribution is 2.21. The van der Waals surface area contributed by atoms with E-state index in [9.17, 15) is 19.1 Å². The van der Waals surface area contributed by atoms with Crippen molar-refractivity contribution in [1.82, 2.24) is 20.9 Å². The van der Waals surface area contributed by atoms with Crippen LogP contribution in [0.1, 0.15) is 37.3 Å². The number of carbonyl (C=O) groups excluding carboxylic acids is 2. The van der Waals surface area contributed by atoms with E-state index in [0.717, 1.165) is 36.9 Å². The van der Waals surface area contributed by atoms with Crippen molar-refractivity contribution >= 4 is 23.4 Å². The number of urea groups is 2. The van der Waals surface area contributed by atoms with Gasteiger partial charge in [0.1, 0.15) is 30.4 Å². The number of aliphatic hydroxyl groups is 1. The minimum Gasteiger partial charge on any atom is -0.491 e. The first-order chi connectivity index (χ1) is 21.9. The number of rotatable bonds is 15. The Kier molecular flexibility index (Phi) is 13.3. The van der Waals surface area contributed by atoms with E-state index in [1.54, 1.807) is 36.4 Å². The van der Waals surface area contributed by atoms with E-state index in [0.29, 0.717) is 50.6 Å². The summed E-state index contributed by atoms with van der Waals surface area (Å²) in [6.07, 6.45) is 3.62. The van der Waals surface area contributed by atoms with Gasteiger partial charge in [-0.05, 0) is 105 Å². The molecule has 0 aliphatic carbocycles. The van der Waals surface area contributed by atoms with Gasteiger partial charge in [0, 0.05) is 37.6 Å². The van der Waals surface area contributed by atoms with Gasteiger partial charge in [-0.1, -0.05) is 24.3 Å². The van der Waals surface area contributed by atoms with Crippen molar-refractivity contribution in [2.45, 2.75) is 51.3 Å². The van der Waals surface area contributed by atoms with Crippen LogP contribution in [-0.2, 0) is 12.8 Å². The first-order valence-electron chi connectivity index (χ1n) is 15.7. The molecule has 4 amide bonds. The highest BCUT2D eigenvalue weighted by atomic mass is 19.1. The molecule has 0 bridgehead atoms. The number of halogens is 1. The van der Waals surface area contributed by atoms with E-state index in [2.05, 4.69) is 38.7 Å². The second-order valence-electron chi connectivity index (χ2n) is 11.1. The monoisotopic (exact) mass is 620 g/mol. The van der Waals surface area contributed by atoms with Crippen molar-refractivity contribution < 1.29 is 23.8 Å². The van der Waals surface area contributed by atoms with Crippen molar-refractivity contribution in [1.29, 1.82) is 0 Å². The molecule has 0 saturated carbocycles. The third kappa shape index (κ3) is 11.6. The quantitative estimate of drug-likeness (QED) is 0.137. The molecule has 1 heterocycles. The highest BCUT2D eigenvalue weighted by molar-refractivity contribution is 5.89. The first-order valence-corrected chi connectivity index (χ1v) is 15.7. The number of nitrogens with zero attached hydrogens (tertiary/aromatic N) is 1. The second-order valence-corrected chi connectivity index (χ2v) is 11.1. The van der Waals surface area contributed by atoms with Crippen LogP contribution >= 0.6 is 0 Å². The van der Waals surface area contributed by atoms with Crippen LogP contribution < -0.4 is 31.3 Å². The third-order valence-corrected chi connectivity index (χ3v) is 7.52. The lowest BCUT2D eigenvalue weighted by atomic mass is 10.1. The second kappa shape index (κ2) is 17.8. The lowest BCUT2D eigenvalue weighted by molar-refractivity contribution is 0.106. The van der Waals surface area contributed by atoms with Gasteiger partial charge in [-0.25, -0.2) is 14.0 Å². The molecule has 0 spiro atoms. The Hall–Kier alpha value is -4.35. The third-order valence-electron chi connectivity index (χ3n) is 7.52. The molecule has 1 saturated heterocycles. The number of likely N-dealkylation sites (tertiary alicyclic amines) is 1. The number of piperidine rings is 1. The number of benzene rings is 3. The molecule has 1 aliphatic rings. The van der Waals surface area contributed by atoms with Crippen molar-refractivity contribution in [2.24, 2.45) is 0 Å². The van der Waals surface area contributed by atoms with E-state index >= 15 is 0 Å². The van der Waals surface area contributed by atoms with Gasteiger partial charge in [-0.2, -0.15) is 0 Å². The maximum absolute atomic E-state index is 13.1. The molecule has 11 heteroatoms. The number of carbonyl (C=O) groups is 2. The molecule has 6 N–H and O–H groups in total. The summed E-state index contributed by atoms with van der Waals surface area (Å²) < 4.78 is 18.8. The maximum Gasteiger partial charge on any atom is 0.319 e. The highest BCUT2D eigenvalue weighted by Gasteiger charge is 2.26. The number of hydrogen-bond donors (Lipinski definition) is 6. The van der Waals surface area contributed by atoms with Gasteiger partial charge < -0.3 is 41.3 Å². The molecule has 3 aromatic rings. The van der Waals surface area contributed by atoms with E-state index in [4.69, 9.17) is 4.74 Å². The molecule has 1 unspecified atom stereocenters. The van der Waals surface area contributed by atoms with Gasteiger partial charge in [0.15, 0.2) is 0 Å². The molecular formula is C34H45FN6O4. The molecule has 0 aromatic heterocycles. The minimum atomic E-state index is -0.664. The Morgan fingerprint density at radius 1 is 0.911 bits per heavy atom. The SMILES string of the molecule is CCNC(=O)Nc1ccc(OC[C@@H](O)CNCCc2ccc(NC3CCCCN3C(=O)NCCc3ccc(F)cc3)cc2)cc1. The summed E-state index contributed by atoms with van der Waals surface area (Å²) in [4.78, 5) is 26.4. The minimum absolute atomic E-state index is 0.0808. The summed E-state index contributed by atoms with van der Waals surface area (Å²) in [5, 5.41) is 25.5. The lowest BCUT2D eigenvalue weighted by Crippen LogP contribution is -2.52. The number of nitrogens with one attached hydrogen (secondary N) is 5. The predicted octanol–water partition coefficient (Wildman–Crippen LogP) is 4.72. The number of ether oxygens (including phenoxy) is 1. The molecule has 45 heavy (non-hydrogen) atoms. The normalized spacial score (nSPS) is 15.2. The average Bonchev–Trinajstić information content (AvgIpc) is 3.05. The summed E-state index contributed by atoms with van der Waals surface area (Å²) in [6.45, 7) is 4.86. The van der Waals surface area contributed by atoms with E-state index < -0.39 is 6.10 Å². The van der Waals surface area contributed by atoms with Crippen LogP contribution in [0.3, 0.4) is 0 Å². The molecule has 4 rings (SSSR count). The van der Waals surface area contributed by atoms with E-state index in [1.807, 2.05) is 24.0 Å². The molecule has 0 radical (unpaired) electrons. The standard InChI is InChI=1S/C34H45FN6O4/c1-2-37-33(43)40-29-14-16-31(17-15-29)45-24-30(42)23-36-20-18-26-8-12-28(13-9-26)39-32-5-3-4-22-41(32)34(44)38-21-19-25-6-10-27(35)11-7-25/h6-17,30,32,36,39,42H,2-5,18-24H2,1H3,(H,38,44)(H2,37,40,43)/t30-,32?/m0/s1. The van der Waals surface area contributed by atoms with Gasteiger partial charge >= 0.3 is 12.1 Å². The Labute approximate surface area is 264 Å². The largest absolute Gasteiger partial charge is 0.491 e. The van der Waals surface area contributed by atoms with Gasteiger partial charge in [0.2, 0.25) is 0 Å². The fourth-order valence-electron chi connectivity index (χ4n) is 5.07. The summed E-state index contributed by atoms with van der Waals surface area (Å²) in [5.41, 5.74) is 3.77.